The number of sulfonamides is 1. The molecule has 0 fully saturated rings. The van der Waals surface area contributed by atoms with Crippen molar-refractivity contribution in [1.29, 1.82) is 0 Å². The Morgan fingerprint density at radius 3 is 2.13 bits per heavy atom. The van der Waals surface area contributed by atoms with Crippen LogP contribution in [0.1, 0.15) is 30.5 Å². The lowest BCUT2D eigenvalue weighted by atomic mass is 10.0. The molecule has 0 aromatic heterocycles. The molecule has 0 aliphatic rings. The number of nitrogens with one attached hydrogen (secondary N) is 1. The molecule has 236 valence electrons. The van der Waals surface area contributed by atoms with Gasteiger partial charge in [0, 0.05) is 24.0 Å². The summed E-state index contributed by atoms with van der Waals surface area (Å²) in [6.45, 7) is 5.12. The van der Waals surface area contributed by atoms with Crippen LogP contribution in [0.15, 0.2) is 108 Å². The number of halogens is 1. The number of methoxy groups -OCH3 is 1. The molecule has 2 amide bonds. The number of carbonyl (C=O) groups excluding carboxylic acids is 2. The van der Waals surface area contributed by atoms with Crippen LogP contribution in [0.2, 0.25) is 5.02 Å². The molecule has 45 heavy (non-hydrogen) atoms. The largest absolute Gasteiger partial charge is 0.495 e. The molecule has 10 heteroatoms. The van der Waals surface area contributed by atoms with E-state index in [4.69, 9.17) is 16.3 Å². The standard InChI is InChI=1S/C35H38ClN3O5S/c1-25(2)37-35(41)32(21-27-13-7-5-8-14-27)38(23-28-15-11-12-26(3)20-28)34(40)24-39(31-22-29(36)18-19-33(31)44-4)45(42,43)30-16-9-6-10-17-30/h5-20,22,25,32H,21,23-24H2,1-4H3,(H,37,41). The van der Waals surface area contributed by atoms with Crippen LogP contribution in [-0.2, 0) is 32.6 Å². The topological polar surface area (TPSA) is 96.0 Å². The fourth-order valence-corrected chi connectivity index (χ4v) is 6.64. The van der Waals surface area contributed by atoms with Crippen LogP contribution in [0.5, 0.6) is 5.75 Å². The van der Waals surface area contributed by atoms with Crippen LogP contribution in [0.4, 0.5) is 5.69 Å². The van der Waals surface area contributed by atoms with E-state index in [-0.39, 0.29) is 46.3 Å². The van der Waals surface area contributed by atoms with E-state index in [1.165, 1.54) is 30.2 Å². The van der Waals surface area contributed by atoms with E-state index in [2.05, 4.69) is 5.32 Å². The van der Waals surface area contributed by atoms with Crippen LogP contribution >= 0.6 is 11.6 Å². The average molecular weight is 648 g/mol. The van der Waals surface area contributed by atoms with Gasteiger partial charge in [0.05, 0.1) is 17.7 Å². The Labute approximate surface area is 270 Å². The van der Waals surface area contributed by atoms with Crippen LogP contribution in [-0.4, -0.2) is 50.9 Å². The van der Waals surface area contributed by atoms with Gasteiger partial charge in [-0.25, -0.2) is 8.42 Å². The highest BCUT2D eigenvalue weighted by atomic mass is 35.5. The van der Waals surface area contributed by atoms with E-state index in [0.29, 0.717) is 0 Å². The molecule has 4 rings (SSSR count). The number of anilines is 1. The Bertz CT molecular complexity index is 1720. The van der Waals surface area contributed by atoms with E-state index in [9.17, 15) is 18.0 Å². The summed E-state index contributed by atoms with van der Waals surface area (Å²) in [6.07, 6.45) is 0.225. The van der Waals surface area contributed by atoms with Crippen LogP contribution < -0.4 is 14.4 Å². The Hall–Kier alpha value is -4.34. The fourth-order valence-electron chi connectivity index (χ4n) is 5.03. The van der Waals surface area contributed by atoms with Gasteiger partial charge in [-0.05, 0) is 62.2 Å². The van der Waals surface area contributed by atoms with Crippen LogP contribution in [0, 0.1) is 6.92 Å². The van der Waals surface area contributed by atoms with Gasteiger partial charge in [0.2, 0.25) is 11.8 Å². The van der Waals surface area contributed by atoms with Gasteiger partial charge < -0.3 is 15.0 Å². The molecule has 0 aliphatic heterocycles. The molecule has 4 aromatic carbocycles. The van der Waals surface area contributed by atoms with Gasteiger partial charge in [-0.3, -0.25) is 13.9 Å². The maximum Gasteiger partial charge on any atom is 0.264 e. The number of carbonyl (C=O) groups is 2. The van der Waals surface area contributed by atoms with Crippen LogP contribution in [0.25, 0.3) is 0 Å². The number of ether oxygens (including phenoxy) is 1. The second-order valence-electron chi connectivity index (χ2n) is 11.0. The van der Waals surface area contributed by atoms with Gasteiger partial charge in [0.25, 0.3) is 10.0 Å². The first-order chi connectivity index (χ1) is 21.5. The van der Waals surface area contributed by atoms with E-state index in [1.54, 1.807) is 30.3 Å². The third-order valence-corrected chi connectivity index (χ3v) is 9.17. The molecule has 0 aliphatic carbocycles. The van der Waals surface area contributed by atoms with Crippen molar-refractivity contribution in [3.05, 3.63) is 125 Å². The monoisotopic (exact) mass is 647 g/mol. The summed E-state index contributed by atoms with van der Waals surface area (Å²) in [5.74, 6) is -0.694. The van der Waals surface area contributed by atoms with Crippen molar-refractivity contribution in [2.75, 3.05) is 18.0 Å². The Kier molecular flexibility index (Phi) is 11.3. The number of hydrogen-bond acceptors (Lipinski definition) is 5. The lowest BCUT2D eigenvalue weighted by Gasteiger charge is -2.34. The van der Waals surface area contributed by atoms with Gasteiger partial charge in [-0.15, -0.1) is 0 Å². The van der Waals surface area contributed by atoms with Gasteiger partial charge in [-0.1, -0.05) is 90.0 Å². The third kappa shape index (κ3) is 8.65. The number of hydrogen-bond donors (Lipinski definition) is 1. The second-order valence-corrected chi connectivity index (χ2v) is 13.3. The van der Waals surface area contributed by atoms with Crippen molar-refractivity contribution in [3.8, 4) is 5.75 Å². The molecule has 0 saturated carbocycles. The highest BCUT2D eigenvalue weighted by Crippen LogP contribution is 2.35. The predicted octanol–water partition coefficient (Wildman–Crippen LogP) is 6.02. The zero-order chi connectivity index (χ0) is 32.6. The molecule has 1 atom stereocenters. The zero-order valence-electron chi connectivity index (χ0n) is 25.8. The molecule has 0 spiro atoms. The maximum atomic E-state index is 14.6. The quantitative estimate of drug-likeness (QED) is 0.192. The molecule has 0 heterocycles. The number of amides is 2. The van der Waals surface area contributed by atoms with Gasteiger partial charge >= 0.3 is 0 Å². The smallest absolute Gasteiger partial charge is 0.264 e. The summed E-state index contributed by atoms with van der Waals surface area (Å²) >= 11 is 6.34. The summed E-state index contributed by atoms with van der Waals surface area (Å²) in [7, 11) is -2.87. The van der Waals surface area contributed by atoms with E-state index in [1.807, 2.05) is 75.4 Å². The van der Waals surface area contributed by atoms with Crippen LogP contribution in [0.3, 0.4) is 0 Å². The molecule has 8 nitrogen and oxygen atoms in total. The van der Waals surface area contributed by atoms with Crippen molar-refractivity contribution in [2.24, 2.45) is 0 Å². The second kappa shape index (κ2) is 15.1. The van der Waals surface area contributed by atoms with Crippen molar-refractivity contribution in [3.63, 3.8) is 0 Å². The zero-order valence-corrected chi connectivity index (χ0v) is 27.4. The molecule has 1 unspecified atom stereocenters. The lowest BCUT2D eigenvalue weighted by Crippen LogP contribution is -2.54. The minimum absolute atomic E-state index is 0.0107. The van der Waals surface area contributed by atoms with Crippen molar-refractivity contribution < 1.29 is 22.7 Å². The molecule has 0 radical (unpaired) electrons. The summed E-state index contributed by atoms with van der Waals surface area (Å²) in [5, 5.41) is 3.23. The number of nitrogens with zero attached hydrogens (tertiary/aromatic N) is 2. The van der Waals surface area contributed by atoms with E-state index >= 15 is 0 Å². The first kappa shape index (κ1) is 33.6. The lowest BCUT2D eigenvalue weighted by molar-refractivity contribution is -0.140. The van der Waals surface area contributed by atoms with Gasteiger partial charge in [0.15, 0.2) is 0 Å². The summed E-state index contributed by atoms with van der Waals surface area (Å²) in [5.41, 5.74) is 2.75. The van der Waals surface area contributed by atoms with Crippen molar-refractivity contribution >= 4 is 39.1 Å². The first-order valence-corrected chi connectivity index (χ1v) is 16.4. The summed E-state index contributed by atoms with van der Waals surface area (Å²) in [6, 6.07) is 28.4. The third-order valence-electron chi connectivity index (χ3n) is 7.16. The molecular formula is C35H38ClN3O5S. The van der Waals surface area contributed by atoms with E-state index in [0.717, 1.165) is 21.0 Å². The number of aryl methyl sites for hydroxylation is 1. The maximum absolute atomic E-state index is 14.6. The SMILES string of the molecule is COc1ccc(Cl)cc1N(CC(=O)N(Cc1cccc(C)c1)C(Cc1ccccc1)C(=O)NC(C)C)S(=O)(=O)c1ccccc1. The molecule has 1 N–H and O–H groups in total. The Morgan fingerprint density at radius 2 is 1.51 bits per heavy atom. The summed E-state index contributed by atoms with van der Waals surface area (Å²) in [4.78, 5) is 29.8. The highest BCUT2D eigenvalue weighted by Gasteiger charge is 2.35. The molecule has 4 aromatic rings. The minimum atomic E-state index is -4.29. The van der Waals surface area contributed by atoms with Crippen molar-refractivity contribution in [1.82, 2.24) is 10.2 Å². The minimum Gasteiger partial charge on any atom is -0.495 e. The normalized spacial score (nSPS) is 12.0. The predicted molar refractivity (Wildman–Crippen MR) is 178 cm³/mol. The van der Waals surface area contributed by atoms with Gasteiger partial charge in [-0.2, -0.15) is 0 Å². The Balaban J connectivity index is 1.85. The van der Waals surface area contributed by atoms with E-state index < -0.39 is 28.5 Å². The first-order valence-electron chi connectivity index (χ1n) is 14.6. The van der Waals surface area contributed by atoms with Gasteiger partial charge in [0.1, 0.15) is 18.3 Å². The molecule has 0 saturated heterocycles. The number of rotatable bonds is 13. The summed E-state index contributed by atoms with van der Waals surface area (Å²) < 4.78 is 34.9. The fraction of sp³-hybridized carbons (Fsp3) is 0.257. The molecule has 0 bridgehead atoms. The van der Waals surface area contributed by atoms with Crippen molar-refractivity contribution in [2.45, 2.75) is 50.7 Å². The Morgan fingerprint density at radius 1 is 0.867 bits per heavy atom. The highest BCUT2D eigenvalue weighted by molar-refractivity contribution is 7.92. The number of benzene rings is 4. The molecular weight excluding hydrogens is 610 g/mol. The average Bonchev–Trinajstić information content (AvgIpc) is 3.02.